The van der Waals surface area contributed by atoms with Crippen molar-refractivity contribution in [1.29, 1.82) is 0 Å². The molecule has 148 valence electrons. The highest BCUT2D eigenvalue weighted by molar-refractivity contribution is 5.81. The Hall–Kier alpha value is -2.14. The van der Waals surface area contributed by atoms with Crippen LogP contribution in [-0.2, 0) is 11.3 Å². The number of nitrogens with one attached hydrogen (secondary N) is 1. The summed E-state index contributed by atoms with van der Waals surface area (Å²) in [5.74, 6) is 0. The molecule has 0 radical (unpaired) electrons. The van der Waals surface area contributed by atoms with Crippen molar-refractivity contribution in [2.45, 2.75) is 65.6 Å². The first-order chi connectivity index (χ1) is 12.8. The largest absolute Gasteiger partial charge is 0.444 e. The Labute approximate surface area is 163 Å². The Morgan fingerprint density at radius 2 is 2.04 bits per heavy atom. The molecule has 0 saturated carbocycles. The summed E-state index contributed by atoms with van der Waals surface area (Å²) >= 11 is 0. The summed E-state index contributed by atoms with van der Waals surface area (Å²) in [6.07, 6.45) is 5.48. The zero-order valence-electron chi connectivity index (χ0n) is 17.3. The lowest BCUT2D eigenvalue weighted by Gasteiger charge is -2.29. The van der Waals surface area contributed by atoms with Gasteiger partial charge in [-0.2, -0.15) is 0 Å². The molecule has 1 atom stereocenters. The predicted octanol–water partition coefficient (Wildman–Crippen LogP) is 4.75. The van der Waals surface area contributed by atoms with Crippen molar-refractivity contribution in [1.82, 2.24) is 15.2 Å². The molecule has 1 heterocycles. The Bertz CT molecular complexity index is 740. The molecule has 0 aliphatic carbocycles. The lowest BCUT2D eigenvalue weighted by atomic mass is 10.1. The molecule has 0 unspecified atom stereocenters. The van der Waals surface area contributed by atoms with Crippen molar-refractivity contribution in [2.75, 3.05) is 13.1 Å². The topological polar surface area (TPSA) is 54.5 Å². The second-order valence-electron chi connectivity index (χ2n) is 8.12. The van der Waals surface area contributed by atoms with E-state index in [4.69, 9.17) is 4.74 Å². The van der Waals surface area contributed by atoms with Gasteiger partial charge in [0, 0.05) is 43.5 Å². The highest BCUT2D eigenvalue weighted by Gasteiger charge is 2.23. The zero-order valence-corrected chi connectivity index (χ0v) is 17.3. The van der Waals surface area contributed by atoms with E-state index in [2.05, 4.69) is 42.3 Å². The van der Waals surface area contributed by atoms with Gasteiger partial charge in [0.25, 0.3) is 0 Å². The van der Waals surface area contributed by atoms with Crippen molar-refractivity contribution in [3.8, 4) is 0 Å². The van der Waals surface area contributed by atoms with E-state index in [1.165, 1.54) is 10.9 Å². The Morgan fingerprint density at radius 3 is 2.74 bits per heavy atom. The molecule has 2 rings (SSSR count). The van der Waals surface area contributed by atoms with Crippen LogP contribution in [0.3, 0.4) is 0 Å². The van der Waals surface area contributed by atoms with Crippen molar-refractivity contribution >= 4 is 16.9 Å². The highest BCUT2D eigenvalue weighted by atomic mass is 16.6. The fraction of sp³-hybridized carbons (Fsp3) is 0.545. The molecule has 5 nitrogen and oxygen atoms in total. The summed E-state index contributed by atoms with van der Waals surface area (Å²) in [5.41, 5.74) is 0.746. The van der Waals surface area contributed by atoms with E-state index in [-0.39, 0.29) is 12.1 Å². The fourth-order valence-electron chi connectivity index (χ4n) is 2.86. The normalized spacial score (nSPS) is 12.8. The third-order valence-electron chi connectivity index (χ3n) is 4.29. The van der Waals surface area contributed by atoms with Gasteiger partial charge in [-0.3, -0.25) is 4.98 Å². The van der Waals surface area contributed by atoms with Gasteiger partial charge in [0.15, 0.2) is 0 Å². The molecule has 1 aromatic carbocycles. The molecule has 5 heteroatoms. The van der Waals surface area contributed by atoms with Gasteiger partial charge in [-0.25, -0.2) is 4.79 Å². The second kappa shape index (κ2) is 9.70. The van der Waals surface area contributed by atoms with Gasteiger partial charge in [-0.05, 0) is 57.2 Å². The van der Waals surface area contributed by atoms with E-state index in [1.807, 2.05) is 44.1 Å². The number of aromatic nitrogens is 1. The van der Waals surface area contributed by atoms with Crippen molar-refractivity contribution < 1.29 is 9.53 Å². The summed E-state index contributed by atoms with van der Waals surface area (Å²) in [4.78, 5) is 18.5. The molecule has 0 saturated heterocycles. The first kappa shape index (κ1) is 21.2. The molecule has 1 N–H and O–H groups in total. The zero-order chi connectivity index (χ0) is 19.9. The van der Waals surface area contributed by atoms with Gasteiger partial charge in [-0.15, -0.1) is 0 Å². The van der Waals surface area contributed by atoms with Crippen LogP contribution in [0.5, 0.6) is 0 Å². The monoisotopic (exact) mass is 371 g/mol. The summed E-state index contributed by atoms with van der Waals surface area (Å²) < 4.78 is 5.56. The number of fused-ring (bicyclic) bond motifs is 1. The smallest absolute Gasteiger partial charge is 0.410 e. The lowest BCUT2D eigenvalue weighted by Crippen LogP contribution is -2.44. The van der Waals surface area contributed by atoms with Gasteiger partial charge in [0.2, 0.25) is 0 Å². The van der Waals surface area contributed by atoms with E-state index in [0.717, 1.165) is 31.3 Å². The van der Waals surface area contributed by atoms with Crippen molar-refractivity contribution in [2.24, 2.45) is 0 Å². The van der Waals surface area contributed by atoms with Crippen LogP contribution >= 0.6 is 0 Å². The molecule has 0 aliphatic rings. The number of carbonyl (C=O) groups is 1. The number of hydrogen-bond acceptors (Lipinski definition) is 4. The van der Waals surface area contributed by atoms with E-state index in [9.17, 15) is 4.79 Å². The SMILES string of the molecule is CCCCN(C[C@@H](C)NCc1ccc2cnccc2c1)C(=O)OC(C)(C)C. The maximum atomic E-state index is 12.5. The number of hydrogen-bond donors (Lipinski definition) is 1. The minimum atomic E-state index is -0.474. The molecule has 27 heavy (non-hydrogen) atoms. The van der Waals surface area contributed by atoms with Gasteiger partial charge in [0.1, 0.15) is 5.60 Å². The highest BCUT2D eigenvalue weighted by Crippen LogP contribution is 2.15. The number of pyridine rings is 1. The number of carbonyl (C=O) groups excluding carboxylic acids is 1. The molecular weight excluding hydrogens is 338 g/mol. The number of unbranched alkanes of at least 4 members (excludes halogenated alkanes) is 1. The molecule has 0 fully saturated rings. The quantitative estimate of drug-likeness (QED) is 0.727. The van der Waals surface area contributed by atoms with Gasteiger partial charge in [0.05, 0.1) is 0 Å². The maximum absolute atomic E-state index is 12.5. The van der Waals surface area contributed by atoms with E-state index < -0.39 is 5.60 Å². The number of nitrogens with zero attached hydrogens (tertiary/aromatic N) is 2. The average Bonchev–Trinajstić information content (AvgIpc) is 2.61. The van der Waals surface area contributed by atoms with E-state index in [0.29, 0.717) is 6.54 Å². The summed E-state index contributed by atoms with van der Waals surface area (Å²) in [7, 11) is 0. The summed E-state index contributed by atoms with van der Waals surface area (Å²) in [6, 6.07) is 8.59. The Kier molecular flexibility index (Phi) is 7.60. The van der Waals surface area contributed by atoms with Crippen molar-refractivity contribution in [3.05, 3.63) is 42.2 Å². The number of amides is 1. The first-order valence-electron chi connectivity index (χ1n) is 9.82. The van der Waals surface area contributed by atoms with Gasteiger partial charge >= 0.3 is 6.09 Å². The first-order valence-corrected chi connectivity index (χ1v) is 9.82. The molecule has 1 aromatic heterocycles. The number of rotatable bonds is 8. The van der Waals surface area contributed by atoms with Crippen LogP contribution in [0.15, 0.2) is 36.7 Å². The van der Waals surface area contributed by atoms with Gasteiger partial charge < -0.3 is 15.0 Å². The van der Waals surface area contributed by atoms with E-state index >= 15 is 0 Å². The Balaban J connectivity index is 1.93. The summed E-state index contributed by atoms with van der Waals surface area (Å²) in [5, 5.41) is 5.86. The Morgan fingerprint density at radius 1 is 1.26 bits per heavy atom. The van der Waals surface area contributed by atoms with Crippen LogP contribution in [-0.4, -0.2) is 40.7 Å². The molecule has 0 aliphatic heterocycles. The second-order valence-corrected chi connectivity index (χ2v) is 8.12. The molecule has 2 aromatic rings. The number of ether oxygens (including phenoxy) is 1. The molecular formula is C22H33N3O2. The van der Waals surface area contributed by atoms with Crippen LogP contribution in [0.1, 0.15) is 53.0 Å². The third kappa shape index (κ3) is 7.18. The van der Waals surface area contributed by atoms with E-state index in [1.54, 1.807) is 0 Å². The van der Waals surface area contributed by atoms with Crippen LogP contribution in [0, 0.1) is 0 Å². The van der Waals surface area contributed by atoms with Gasteiger partial charge in [-0.1, -0.05) is 25.5 Å². The lowest BCUT2D eigenvalue weighted by molar-refractivity contribution is 0.0232. The van der Waals surface area contributed by atoms with Crippen molar-refractivity contribution in [3.63, 3.8) is 0 Å². The fourth-order valence-corrected chi connectivity index (χ4v) is 2.86. The standard InChI is InChI=1S/C22H33N3O2/c1-6-7-12-25(21(26)27-22(3,4)5)16-17(2)24-14-18-8-9-20-15-23-11-10-19(20)13-18/h8-11,13,15,17,24H,6-7,12,14,16H2,1-5H3/t17-/m1/s1. The summed E-state index contributed by atoms with van der Waals surface area (Å²) in [6.45, 7) is 12.1. The minimum Gasteiger partial charge on any atom is -0.444 e. The van der Waals surface area contributed by atoms with Crippen LogP contribution in [0.2, 0.25) is 0 Å². The predicted molar refractivity (Wildman–Crippen MR) is 111 cm³/mol. The van der Waals surface area contributed by atoms with Crippen LogP contribution in [0.25, 0.3) is 10.8 Å². The maximum Gasteiger partial charge on any atom is 0.410 e. The average molecular weight is 372 g/mol. The van der Waals surface area contributed by atoms with Crippen LogP contribution < -0.4 is 5.32 Å². The third-order valence-corrected chi connectivity index (χ3v) is 4.29. The molecule has 0 bridgehead atoms. The molecule has 1 amide bonds. The van der Waals surface area contributed by atoms with Crippen LogP contribution in [0.4, 0.5) is 4.79 Å². The molecule has 0 spiro atoms. The number of benzene rings is 1. The minimum absolute atomic E-state index is 0.169.